The van der Waals surface area contributed by atoms with E-state index in [0.717, 1.165) is 46.3 Å². The van der Waals surface area contributed by atoms with E-state index < -0.39 is 0 Å². The first kappa shape index (κ1) is 22.7. The Hall–Kier alpha value is -3.03. The van der Waals surface area contributed by atoms with Gasteiger partial charge in [0.05, 0.1) is 33.8 Å². The zero-order chi connectivity index (χ0) is 23.8. The number of amides is 1. The van der Waals surface area contributed by atoms with Gasteiger partial charge in [0.25, 0.3) is 5.91 Å². The molecule has 4 aromatic rings. The molecule has 0 radical (unpaired) electrons. The van der Waals surface area contributed by atoms with Crippen LogP contribution in [0.15, 0.2) is 42.5 Å². The number of rotatable bonds is 5. The molecular formula is C27H26N2O3S2. The maximum Gasteiger partial charge on any atom is 0.341 e. The second kappa shape index (κ2) is 9.31. The van der Waals surface area contributed by atoms with Gasteiger partial charge in [0.15, 0.2) is 0 Å². The Balaban J connectivity index is 1.57. The molecule has 0 spiro atoms. The molecule has 0 saturated heterocycles. The van der Waals surface area contributed by atoms with Gasteiger partial charge >= 0.3 is 5.97 Å². The van der Waals surface area contributed by atoms with Crippen LogP contribution in [0.5, 0.6) is 0 Å². The van der Waals surface area contributed by atoms with Gasteiger partial charge in [0, 0.05) is 15.1 Å². The summed E-state index contributed by atoms with van der Waals surface area (Å²) in [7, 11) is 0. The number of thiophene rings is 2. The van der Waals surface area contributed by atoms with Crippen molar-refractivity contribution >= 4 is 50.5 Å². The quantitative estimate of drug-likeness (QED) is 0.309. The zero-order valence-corrected chi connectivity index (χ0v) is 21.1. The number of benzene rings is 1. The molecule has 34 heavy (non-hydrogen) atoms. The zero-order valence-electron chi connectivity index (χ0n) is 19.4. The average Bonchev–Trinajstić information content (AvgIpc) is 3.41. The molecule has 0 aliphatic heterocycles. The van der Waals surface area contributed by atoms with Gasteiger partial charge in [-0.25, -0.2) is 9.78 Å². The average molecular weight is 491 g/mol. The number of anilines is 1. The molecule has 0 unspecified atom stereocenters. The molecule has 7 heteroatoms. The molecule has 0 fully saturated rings. The minimum Gasteiger partial charge on any atom is -0.462 e. The van der Waals surface area contributed by atoms with Crippen LogP contribution in [0.2, 0.25) is 0 Å². The van der Waals surface area contributed by atoms with Crippen LogP contribution in [0.1, 0.15) is 56.3 Å². The highest BCUT2D eigenvalue weighted by Gasteiger charge is 2.29. The summed E-state index contributed by atoms with van der Waals surface area (Å²) < 4.78 is 5.36. The summed E-state index contributed by atoms with van der Waals surface area (Å²) in [5, 5.41) is 4.43. The lowest BCUT2D eigenvalue weighted by Gasteiger charge is -2.18. The first-order valence-electron chi connectivity index (χ1n) is 11.5. The first-order valence-corrected chi connectivity index (χ1v) is 13.2. The van der Waals surface area contributed by atoms with Crippen LogP contribution in [0.3, 0.4) is 0 Å². The normalized spacial score (nSPS) is 15.2. The smallest absolute Gasteiger partial charge is 0.341 e. The lowest BCUT2D eigenvalue weighted by atomic mass is 9.88. The number of carbonyl (C=O) groups is 2. The van der Waals surface area contributed by atoms with E-state index in [2.05, 4.69) is 25.2 Å². The Morgan fingerprint density at radius 1 is 1.18 bits per heavy atom. The van der Waals surface area contributed by atoms with Crippen LogP contribution < -0.4 is 5.32 Å². The molecule has 1 aromatic carbocycles. The van der Waals surface area contributed by atoms with Gasteiger partial charge in [0.1, 0.15) is 5.00 Å². The Labute approximate surface area is 206 Å². The van der Waals surface area contributed by atoms with E-state index in [4.69, 9.17) is 9.72 Å². The van der Waals surface area contributed by atoms with Crippen LogP contribution in [-0.4, -0.2) is 23.5 Å². The van der Waals surface area contributed by atoms with Crippen LogP contribution in [0.25, 0.3) is 21.5 Å². The lowest BCUT2D eigenvalue weighted by Crippen LogP contribution is -2.17. The number of nitrogens with zero attached hydrogens (tertiary/aromatic N) is 1. The number of ether oxygens (including phenoxy) is 1. The number of hydrogen-bond acceptors (Lipinski definition) is 6. The molecular weight excluding hydrogens is 464 g/mol. The summed E-state index contributed by atoms with van der Waals surface area (Å²) >= 11 is 3.16. The summed E-state index contributed by atoms with van der Waals surface area (Å²) in [6, 6.07) is 13.6. The molecule has 1 aliphatic rings. The maximum absolute atomic E-state index is 13.6. The summed E-state index contributed by atoms with van der Waals surface area (Å²) in [6.07, 6.45) is 2.78. The number of aryl methyl sites for hydroxylation is 1. The number of para-hydroxylation sites is 1. The highest BCUT2D eigenvalue weighted by atomic mass is 32.1. The third-order valence-corrected chi connectivity index (χ3v) is 8.36. The predicted molar refractivity (Wildman–Crippen MR) is 139 cm³/mol. The van der Waals surface area contributed by atoms with Crippen molar-refractivity contribution in [1.82, 2.24) is 4.98 Å². The third-order valence-electron chi connectivity index (χ3n) is 6.17. The van der Waals surface area contributed by atoms with Gasteiger partial charge in [-0.05, 0) is 68.9 Å². The first-order chi connectivity index (χ1) is 16.4. The Bertz CT molecular complexity index is 1400. The van der Waals surface area contributed by atoms with Crippen LogP contribution in [0, 0.1) is 12.8 Å². The van der Waals surface area contributed by atoms with Crippen molar-refractivity contribution in [3.05, 3.63) is 68.9 Å². The molecule has 174 valence electrons. The number of hydrogen-bond donors (Lipinski definition) is 1. The topological polar surface area (TPSA) is 68.3 Å². The lowest BCUT2D eigenvalue weighted by molar-refractivity contribution is 0.0526. The molecule has 1 amide bonds. The van der Waals surface area contributed by atoms with Crippen molar-refractivity contribution in [3.8, 4) is 10.6 Å². The van der Waals surface area contributed by atoms with Crippen LogP contribution in [-0.2, 0) is 17.6 Å². The molecule has 1 N–H and O–H groups in total. The van der Waals surface area contributed by atoms with Crippen molar-refractivity contribution in [2.75, 3.05) is 11.9 Å². The summed E-state index contributed by atoms with van der Waals surface area (Å²) in [5.74, 6) is -0.0461. The van der Waals surface area contributed by atoms with E-state index >= 15 is 0 Å². The predicted octanol–water partition coefficient (Wildman–Crippen LogP) is 6.89. The van der Waals surface area contributed by atoms with Gasteiger partial charge in [-0.15, -0.1) is 22.7 Å². The fraction of sp³-hybridized carbons (Fsp3) is 0.296. The van der Waals surface area contributed by atoms with E-state index in [1.807, 2.05) is 36.4 Å². The van der Waals surface area contributed by atoms with Crippen molar-refractivity contribution in [2.24, 2.45) is 5.92 Å². The number of pyridine rings is 1. The minimum atomic E-state index is -0.362. The molecule has 3 heterocycles. The number of aromatic nitrogens is 1. The molecule has 5 nitrogen and oxygen atoms in total. The Morgan fingerprint density at radius 3 is 2.76 bits per heavy atom. The summed E-state index contributed by atoms with van der Waals surface area (Å²) in [4.78, 5) is 34.7. The van der Waals surface area contributed by atoms with Gasteiger partial charge in [-0.1, -0.05) is 25.1 Å². The Kier molecular flexibility index (Phi) is 6.23. The number of fused-ring (bicyclic) bond motifs is 2. The van der Waals surface area contributed by atoms with Crippen molar-refractivity contribution in [1.29, 1.82) is 0 Å². The SMILES string of the molecule is CCOC(=O)c1c(NC(=O)c2cc(-c3ccc(C)s3)nc3ccccc23)sc2c1CC[C@H](C)C2. The van der Waals surface area contributed by atoms with E-state index in [9.17, 15) is 9.59 Å². The number of esters is 1. The standard InChI is InChI=1S/C27H26N2O3S2/c1-4-32-27(31)24-18-11-9-15(2)13-23(18)34-26(24)29-25(30)19-14-21(22-12-10-16(3)33-22)28-20-8-6-5-7-17(19)20/h5-8,10,12,14-15H,4,9,11,13H2,1-3H3,(H,29,30)/t15-/m0/s1. The highest BCUT2D eigenvalue weighted by molar-refractivity contribution is 7.17. The molecule has 3 aromatic heterocycles. The maximum atomic E-state index is 13.6. The van der Waals surface area contributed by atoms with Gasteiger partial charge in [-0.2, -0.15) is 0 Å². The van der Waals surface area contributed by atoms with Gasteiger partial charge in [-0.3, -0.25) is 4.79 Å². The fourth-order valence-electron chi connectivity index (χ4n) is 4.49. The number of carbonyl (C=O) groups excluding carboxylic acids is 2. The fourth-order valence-corrected chi connectivity index (χ4v) is 6.71. The molecule has 0 saturated carbocycles. The van der Waals surface area contributed by atoms with Gasteiger partial charge in [0.2, 0.25) is 0 Å². The second-order valence-electron chi connectivity index (χ2n) is 8.71. The Morgan fingerprint density at radius 2 is 2.00 bits per heavy atom. The van der Waals surface area contributed by atoms with E-state index in [1.165, 1.54) is 21.1 Å². The van der Waals surface area contributed by atoms with Gasteiger partial charge < -0.3 is 10.1 Å². The summed E-state index contributed by atoms with van der Waals surface area (Å²) in [5.41, 5.74) is 3.63. The molecule has 1 atom stereocenters. The van der Waals surface area contributed by atoms with Crippen molar-refractivity contribution < 1.29 is 14.3 Å². The number of nitrogens with one attached hydrogen (secondary N) is 1. The molecule has 1 aliphatic carbocycles. The monoisotopic (exact) mass is 490 g/mol. The van der Waals surface area contributed by atoms with Crippen molar-refractivity contribution in [3.63, 3.8) is 0 Å². The van der Waals surface area contributed by atoms with E-state index in [1.54, 1.807) is 18.3 Å². The minimum absolute atomic E-state index is 0.245. The van der Waals surface area contributed by atoms with Crippen LogP contribution >= 0.6 is 22.7 Å². The third kappa shape index (κ3) is 4.26. The van der Waals surface area contributed by atoms with Crippen LogP contribution in [0.4, 0.5) is 5.00 Å². The summed E-state index contributed by atoms with van der Waals surface area (Å²) in [6.45, 7) is 6.38. The largest absolute Gasteiger partial charge is 0.462 e. The van der Waals surface area contributed by atoms with Crippen molar-refractivity contribution in [2.45, 2.75) is 40.0 Å². The van der Waals surface area contributed by atoms with E-state index in [-0.39, 0.29) is 11.9 Å². The molecule has 0 bridgehead atoms. The van der Waals surface area contributed by atoms with E-state index in [0.29, 0.717) is 28.7 Å². The second-order valence-corrected chi connectivity index (χ2v) is 11.1. The highest BCUT2D eigenvalue weighted by Crippen LogP contribution is 2.40. The molecule has 5 rings (SSSR count).